The quantitative estimate of drug-likeness (QED) is 0.639. The predicted molar refractivity (Wildman–Crippen MR) is 90.4 cm³/mol. The second-order valence-corrected chi connectivity index (χ2v) is 7.41. The van der Waals surface area contributed by atoms with Crippen LogP contribution in [-0.2, 0) is 9.53 Å². The van der Waals surface area contributed by atoms with E-state index in [0.717, 1.165) is 4.88 Å². The number of hydrogen-bond donors (Lipinski definition) is 2. The summed E-state index contributed by atoms with van der Waals surface area (Å²) in [5, 5.41) is 14.9. The maximum absolute atomic E-state index is 12.6. The lowest BCUT2D eigenvalue weighted by atomic mass is 9.87. The first kappa shape index (κ1) is 16.7. The zero-order valence-corrected chi connectivity index (χ0v) is 14.6. The second-order valence-electron chi connectivity index (χ2n) is 5.99. The van der Waals surface area contributed by atoms with E-state index in [1.807, 2.05) is 38.3 Å². The van der Waals surface area contributed by atoms with Crippen LogP contribution in [-0.4, -0.2) is 11.6 Å². The molecule has 22 heavy (non-hydrogen) atoms. The number of hydrogen-bond acceptors (Lipinski definition) is 6. The summed E-state index contributed by atoms with van der Waals surface area (Å²) in [5.74, 6) is -0.849. The predicted octanol–water partition coefficient (Wildman–Crippen LogP) is 3.72. The van der Waals surface area contributed by atoms with Crippen LogP contribution in [0.3, 0.4) is 0 Å². The van der Waals surface area contributed by atoms with Gasteiger partial charge in [-0.2, -0.15) is 5.26 Å². The minimum Gasteiger partial charge on any atom is -0.457 e. The van der Waals surface area contributed by atoms with Gasteiger partial charge in [0.05, 0.1) is 28.2 Å². The molecular formula is C16H18N2O2S2. The highest BCUT2D eigenvalue weighted by Crippen LogP contribution is 2.41. The molecule has 2 heterocycles. The number of nitrogens with zero attached hydrogens (tertiary/aromatic N) is 1. The van der Waals surface area contributed by atoms with E-state index < -0.39 is 17.5 Å². The fraction of sp³-hybridized carbons (Fsp3) is 0.375. The van der Waals surface area contributed by atoms with Gasteiger partial charge in [0.25, 0.3) is 0 Å². The van der Waals surface area contributed by atoms with E-state index in [1.165, 1.54) is 11.3 Å². The highest BCUT2D eigenvalue weighted by Gasteiger charge is 2.36. The van der Waals surface area contributed by atoms with Gasteiger partial charge in [-0.15, -0.1) is 24.0 Å². The zero-order valence-electron chi connectivity index (χ0n) is 12.9. The molecule has 0 aromatic carbocycles. The molecule has 0 radical (unpaired) electrons. The number of carbonyl (C=O) groups is 1. The van der Waals surface area contributed by atoms with Crippen LogP contribution in [0.25, 0.3) is 0 Å². The third-order valence-corrected chi connectivity index (χ3v) is 4.40. The van der Waals surface area contributed by atoms with Gasteiger partial charge in [-0.25, -0.2) is 4.79 Å². The van der Waals surface area contributed by atoms with Gasteiger partial charge in [-0.1, -0.05) is 6.07 Å². The molecule has 1 N–H and O–H groups in total. The van der Waals surface area contributed by atoms with Gasteiger partial charge >= 0.3 is 5.97 Å². The lowest BCUT2D eigenvalue weighted by Crippen LogP contribution is -2.32. The molecule has 6 heteroatoms. The van der Waals surface area contributed by atoms with Gasteiger partial charge in [0.1, 0.15) is 5.60 Å². The summed E-state index contributed by atoms with van der Waals surface area (Å²) in [7, 11) is 0. The van der Waals surface area contributed by atoms with E-state index in [0.29, 0.717) is 21.9 Å². The highest BCUT2D eigenvalue weighted by molar-refractivity contribution is 7.84. The molecule has 2 rings (SSSR count). The number of thiol groups is 1. The van der Waals surface area contributed by atoms with Crippen LogP contribution < -0.4 is 5.32 Å². The Morgan fingerprint density at radius 2 is 2.18 bits per heavy atom. The van der Waals surface area contributed by atoms with Crippen molar-refractivity contribution in [2.24, 2.45) is 0 Å². The third-order valence-electron chi connectivity index (χ3n) is 3.11. The molecule has 1 atom stereocenters. The van der Waals surface area contributed by atoms with Crippen LogP contribution >= 0.6 is 24.0 Å². The first-order valence-electron chi connectivity index (χ1n) is 6.82. The molecular weight excluding hydrogens is 316 g/mol. The largest absolute Gasteiger partial charge is 0.457 e. The van der Waals surface area contributed by atoms with Crippen molar-refractivity contribution in [3.8, 4) is 6.07 Å². The van der Waals surface area contributed by atoms with Gasteiger partial charge in [-0.3, -0.25) is 0 Å². The van der Waals surface area contributed by atoms with Crippen LogP contribution in [0.5, 0.6) is 0 Å². The molecule has 0 saturated heterocycles. The number of thiophene rings is 1. The van der Waals surface area contributed by atoms with Gasteiger partial charge in [0.15, 0.2) is 0 Å². The van der Waals surface area contributed by atoms with E-state index in [2.05, 4.69) is 24.0 Å². The molecule has 1 aliphatic heterocycles. The van der Waals surface area contributed by atoms with Crippen molar-refractivity contribution in [2.75, 3.05) is 0 Å². The summed E-state index contributed by atoms with van der Waals surface area (Å²) in [6.07, 6.45) is 0. The molecule has 116 valence electrons. The van der Waals surface area contributed by atoms with E-state index in [-0.39, 0.29) is 0 Å². The molecule has 1 aliphatic rings. The fourth-order valence-corrected chi connectivity index (χ4v) is 3.46. The van der Waals surface area contributed by atoms with Gasteiger partial charge < -0.3 is 10.1 Å². The Morgan fingerprint density at radius 1 is 1.50 bits per heavy atom. The number of carbonyl (C=O) groups excluding carboxylic acids is 1. The maximum atomic E-state index is 12.6. The first-order valence-corrected chi connectivity index (χ1v) is 8.15. The van der Waals surface area contributed by atoms with E-state index in [4.69, 9.17) is 4.74 Å². The van der Waals surface area contributed by atoms with Crippen LogP contribution in [0.4, 0.5) is 0 Å². The van der Waals surface area contributed by atoms with Crippen molar-refractivity contribution >= 4 is 29.9 Å². The summed E-state index contributed by atoms with van der Waals surface area (Å²) in [4.78, 5) is 13.5. The van der Waals surface area contributed by atoms with Crippen molar-refractivity contribution in [3.63, 3.8) is 0 Å². The number of ether oxygens (including phenoxy) is 1. The van der Waals surface area contributed by atoms with Crippen LogP contribution in [0.1, 0.15) is 38.5 Å². The molecule has 0 unspecified atom stereocenters. The van der Waals surface area contributed by atoms with Gasteiger partial charge in [-0.05, 0) is 39.1 Å². The van der Waals surface area contributed by atoms with Crippen molar-refractivity contribution in [1.29, 1.82) is 5.26 Å². The number of rotatable bonds is 2. The van der Waals surface area contributed by atoms with Crippen LogP contribution in [0.15, 0.2) is 39.4 Å². The van der Waals surface area contributed by atoms with Crippen LogP contribution in [0.2, 0.25) is 0 Å². The SMILES string of the molecule is CC1=C(C(=O)OC(C)(C)C)[C@H](c2cccs2)C(C#N)=C(S)N1. The van der Waals surface area contributed by atoms with Crippen molar-refractivity contribution in [1.82, 2.24) is 5.32 Å². The number of esters is 1. The van der Waals surface area contributed by atoms with Gasteiger partial charge in [0.2, 0.25) is 0 Å². The molecule has 0 amide bonds. The number of nitriles is 1. The smallest absolute Gasteiger partial charge is 0.337 e. The Bertz CT molecular complexity index is 689. The molecule has 0 aliphatic carbocycles. The summed E-state index contributed by atoms with van der Waals surface area (Å²) in [6, 6.07) is 5.98. The molecule has 1 aromatic heterocycles. The summed E-state index contributed by atoms with van der Waals surface area (Å²) < 4.78 is 5.51. The summed E-state index contributed by atoms with van der Waals surface area (Å²) in [6.45, 7) is 7.26. The Morgan fingerprint density at radius 3 is 2.68 bits per heavy atom. The monoisotopic (exact) mass is 334 g/mol. The lowest BCUT2D eigenvalue weighted by Gasteiger charge is -2.29. The average Bonchev–Trinajstić information content (AvgIpc) is 2.88. The van der Waals surface area contributed by atoms with E-state index in [1.54, 1.807) is 6.92 Å². The highest BCUT2D eigenvalue weighted by atomic mass is 32.1. The normalized spacial score (nSPS) is 18.8. The topological polar surface area (TPSA) is 62.1 Å². The van der Waals surface area contributed by atoms with Crippen molar-refractivity contribution < 1.29 is 9.53 Å². The maximum Gasteiger partial charge on any atom is 0.337 e. The fourth-order valence-electron chi connectivity index (χ4n) is 2.27. The standard InChI is InChI=1S/C16H18N2O2S2/c1-9-12(15(19)20-16(2,3)4)13(11-6-5-7-22-11)10(8-17)14(21)18-9/h5-7,13,18,21H,1-4H3/t13-/m0/s1. The molecule has 0 spiro atoms. The molecule has 0 fully saturated rings. The summed E-state index contributed by atoms with van der Waals surface area (Å²) >= 11 is 5.85. The molecule has 0 bridgehead atoms. The number of dihydropyridines is 1. The Hall–Kier alpha value is -1.71. The number of nitrogens with one attached hydrogen (secondary N) is 1. The van der Waals surface area contributed by atoms with Gasteiger partial charge in [0, 0.05) is 10.6 Å². The minimum absolute atomic E-state index is 0.413. The first-order chi connectivity index (χ1) is 10.2. The minimum atomic E-state index is -0.595. The molecule has 4 nitrogen and oxygen atoms in total. The van der Waals surface area contributed by atoms with Crippen LogP contribution in [0, 0.1) is 11.3 Å². The number of allylic oxidation sites excluding steroid dienone is 2. The zero-order chi connectivity index (χ0) is 16.5. The average molecular weight is 334 g/mol. The third kappa shape index (κ3) is 3.37. The lowest BCUT2D eigenvalue weighted by molar-refractivity contribution is -0.150. The summed E-state index contributed by atoms with van der Waals surface area (Å²) in [5.41, 5.74) is 0.961. The second kappa shape index (κ2) is 6.19. The molecule has 1 aromatic rings. The van der Waals surface area contributed by atoms with Crippen molar-refractivity contribution in [2.45, 2.75) is 39.2 Å². The van der Waals surface area contributed by atoms with Crippen molar-refractivity contribution in [3.05, 3.63) is 44.3 Å². The Balaban J connectivity index is 2.52. The molecule has 0 saturated carbocycles. The van der Waals surface area contributed by atoms with E-state index in [9.17, 15) is 10.1 Å². The van der Waals surface area contributed by atoms with E-state index >= 15 is 0 Å². The Kier molecular flexibility index (Phi) is 4.69. The Labute approximate surface area is 139 Å².